The number of nitrogens with one attached hydrogen (secondary N) is 1. The standard InChI is InChI=1S/C21H26F2N4/c1-21(2,3)8-9-27-11-15-16(12-27)20(15)24-19-7-6-18(25-26-19)14-10-13(22)4-5-17(14)23/h4-7,10,15-16,20H,8-9,11-12H2,1-3H3,(H,24,26)/t15-,16-/m1/s1. The van der Waals surface area contributed by atoms with Crippen LogP contribution < -0.4 is 5.32 Å². The molecule has 4 rings (SSSR count). The van der Waals surface area contributed by atoms with E-state index in [1.807, 2.05) is 0 Å². The number of likely N-dealkylation sites (tertiary alicyclic amines) is 1. The van der Waals surface area contributed by atoms with E-state index in [4.69, 9.17) is 0 Å². The zero-order valence-corrected chi connectivity index (χ0v) is 16.0. The van der Waals surface area contributed by atoms with Crippen LogP contribution in [0.2, 0.25) is 0 Å². The first-order valence-electron chi connectivity index (χ1n) is 9.58. The molecule has 4 nitrogen and oxygen atoms in total. The van der Waals surface area contributed by atoms with Crippen LogP contribution in [0.15, 0.2) is 30.3 Å². The van der Waals surface area contributed by atoms with Crippen molar-refractivity contribution in [3.63, 3.8) is 0 Å². The van der Waals surface area contributed by atoms with E-state index in [0.29, 0.717) is 34.8 Å². The Morgan fingerprint density at radius 3 is 2.44 bits per heavy atom. The van der Waals surface area contributed by atoms with Crippen LogP contribution in [0, 0.1) is 28.9 Å². The van der Waals surface area contributed by atoms with Crippen LogP contribution in [0.5, 0.6) is 0 Å². The van der Waals surface area contributed by atoms with Gasteiger partial charge in [0.25, 0.3) is 0 Å². The molecule has 1 aromatic carbocycles. The molecule has 144 valence electrons. The summed E-state index contributed by atoms with van der Waals surface area (Å²) < 4.78 is 27.2. The molecule has 27 heavy (non-hydrogen) atoms. The first kappa shape index (κ1) is 18.3. The lowest BCUT2D eigenvalue weighted by molar-refractivity contribution is 0.245. The fraction of sp³-hybridized carbons (Fsp3) is 0.524. The van der Waals surface area contributed by atoms with Gasteiger partial charge in [0.1, 0.15) is 17.5 Å². The molecule has 2 heterocycles. The number of halogens is 2. The molecule has 2 atom stereocenters. The first-order chi connectivity index (χ1) is 12.8. The molecular weight excluding hydrogens is 346 g/mol. The third-order valence-corrected chi connectivity index (χ3v) is 5.63. The Morgan fingerprint density at radius 1 is 1.07 bits per heavy atom. The average molecular weight is 372 g/mol. The number of fused-ring (bicyclic) bond motifs is 1. The summed E-state index contributed by atoms with van der Waals surface area (Å²) in [6.45, 7) is 10.3. The lowest BCUT2D eigenvalue weighted by Gasteiger charge is -2.25. The van der Waals surface area contributed by atoms with Gasteiger partial charge in [-0.1, -0.05) is 20.8 Å². The van der Waals surface area contributed by atoms with Gasteiger partial charge >= 0.3 is 0 Å². The van der Waals surface area contributed by atoms with Crippen molar-refractivity contribution < 1.29 is 8.78 Å². The Labute approximate surface area is 159 Å². The number of anilines is 1. The van der Waals surface area contributed by atoms with Crippen LogP contribution in [0.3, 0.4) is 0 Å². The SMILES string of the molecule is CC(C)(C)CCN1C[C@H]2C(Nc3ccc(-c4cc(F)ccc4F)nn3)[C@@H]2C1. The van der Waals surface area contributed by atoms with Crippen LogP contribution in [0.4, 0.5) is 14.6 Å². The Balaban J connectivity index is 1.32. The summed E-state index contributed by atoms with van der Waals surface area (Å²) in [5.74, 6) is 1.05. The van der Waals surface area contributed by atoms with Gasteiger partial charge in [-0.3, -0.25) is 0 Å². The fourth-order valence-electron chi connectivity index (χ4n) is 3.92. The van der Waals surface area contributed by atoms with Crippen molar-refractivity contribution in [3.8, 4) is 11.3 Å². The smallest absolute Gasteiger partial charge is 0.148 e. The number of nitrogens with zero attached hydrogens (tertiary/aromatic N) is 3. The van der Waals surface area contributed by atoms with Gasteiger partial charge in [0, 0.05) is 24.7 Å². The molecule has 0 bridgehead atoms. The van der Waals surface area contributed by atoms with Crippen molar-refractivity contribution in [3.05, 3.63) is 42.0 Å². The van der Waals surface area contributed by atoms with E-state index < -0.39 is 11.6 Å². The van der Waals surface area contributed by atoms with Gasteiger partial charge in [-0.25, -0.2) is 8.78 Å². The number of hydrogen-bond acceptors (Lipinski definition) is 4. The van der Waals surface area contributed by atoms with Crippen LogP contribution in [-0.2, 0) is 0 Å². The molecule has 2 aromatic rings. The molecule has 1 saturated carbocycles. The van der Waals surface area contributed by atoms with Gasteiger partial charge < -0.3 is 10.2 Å². The maximum atomic E-state index is 13.9. The predicted octanol–water partition coefficient (Wildman–Crippen LogP) is 4.20. The van der Waals surface area contributed by atoms with Gasteiger partial charge in [0.2, 0.25) is 0 Å². The molecule has 1 aliphatic carbocycles. The zero-order valence-electron chi connectivity index (χ0n) is 16.0. The largest absolute Gasteiger partial charge is 0.365 e. The first-order valence-corrected chi connectivity index (χ1v) is 9.58. The number of benzene rings is 1. The zero-order chi connectivity index (χ0) is 19.2. The minimum absolute atomic E-state index is 0.131. The Bertz CT molecular complexity index is 804. The highest BCUT2D eigenvalue weighted by molar-refractivity contribution is 5.60. The van der Waals surface area contributed by atoms with Gasteiger partial charge in [0.05, 0.1) is 5.69 Å². The summed E-state index contributed by atoms with van der Waals surface area (Å²) in [5, 5.41) is 11.7. The van der Waals surface area contributed by atoms with Gasteiger partial charge in [0.15, 0.2) is 0 Å². The monoisotopic (exact) mass is 372 g/mol. The van der Waals surface area contributed by atoms with Crippen LogP contribution in [-0.4, -0.2) is 40.8 Å². The third kappa shape index (κ3) is 4.10. The molecule has 1 N–H and O–H groups in total. The molecule has 6 heteroatoms. The van der Waals surface area contributed by atoms with Crippen molar-refractivity contribution in [2.24, 2.45) is 17.3 Å². The maximum Gasteiger partial charge on any atom is 0.148 e. The van der Waals surface area contributed by atoms with Crippen molar-refractivity contribution in [2.45, 2.75) is 33.2 Å². The van der Waals surface area contributed by atoms with E-state index in [1.54, 1.807) is 12.1 Å². The van der Waals surface area contributed by atoms with E-state index >= 15 is 0 Å². The maximum absolute atomic E-state index is 13.9. The van der Waals surface area contributed by atoms with E-state index in [2.05, 4.69) is 41.2 Å². The topological polar surface area (TPSA) is 41.0 Å². The molecule has 2 aliphatic rings. The third-order valence-electron chi connectivity index (χ3n) is 5.63. The van der Waals surface area contributed by atoms with Crippen molar-refractivity contribution in [1.29, 1.82) is 0 Å². The molecule has 1 aliphatic heterocycles. The lowest BCUT2D eigenvalue weighted by Crippen LogP contribution is -2.30. The Hall–Kier alpha value is -2.08. The summed E-state index contributed by atoms with van der Waals surface area (Å²) in [5.41, 5.74) is 0.844. The molecule has 1 aromatic heterocycles. The molecular formula is C21H26F2N4. The molecule has 0 amide bonds. The second-order valence-corrected chi connectivity index (χ2v) is 9.00. The van der Waals surface area contributed by atoms with E-state index in [9.17, 15) is 8.78 Å². The summed E-state index contributed by atoms with van der Waals surface area (Å²) in [7, 11) is 0. The summed E-state index contributed by atoms with van der Waals surface area (Å²) in [6, 6.07) is 7.26. The number of hydrogen-bond donors (Lipinski definition) is 1. The molecule has 2 fully saturated rings. The molecule has 0 spiro atoms. The van der Waals surface area contributed by atoms with Crippen LogP contribution >= 0.6 is 0 Å². The van der Waals surface area contributed by atoms with Crippen molar-refractivity contribution in [1.82, 2.24) is 15.1 Å². The van der Waals surface area contributed by atoms with E-state index in [1.165, 1.54) is 6.42 Å². The summed E-state index contributed by atoms with van der Waals surface area (Å²) >= 11 is 0. The number of rotatable bonds is 5. The minimum Gasteiger partial charge on any atom is -0.365 e. The van der Waals surface area contributed by atoms with Gasteiger partial charge in [-0.05, 0) is 60.5 Å². The van der Waals surface area contributed by atoms with E-state index in [-0.39, 0.29) is 5.56 Å². The van der Waals surface area contributed by atoms with Crippen molar-refractivity contribution in [2.75, 3.05) is 25.0 Å². The highest BCUT2D eigenvalue weighted by Crippen LogP contribution is 2.47. The van der Waals surface area contributed by atoms with Crippen LogP contribution in [0.25, 0.3) is 11.3 Å². The fourth-order valence-corrected chi connectivity index (χ4v) is 3.92. The summed E-state index contributed by atoms with van der Waals surface area (Å²) in [6.07, 6.45) is 1.22. The van der Waals surface area contributed by atoms with Gasteiger partial charge in [-0.15, -0.1) is 10.2 Å². The number of aromatic nitrogens is 2. The Morgan fingerprint density at radius 2 is 1.81 bits per heavy atom. The second-order valence-electron chi connectivity index (χ2n) is 9.00. The van der Waals surface area contributed by atoms with Crippen molar-refractivity contribution >= 4 is 5.82 Å². The van der Waals surface area contributed by atoms with Crippen LogP contribution in [0.1, 0.15) is 27.2 Å². The highest BCUT2D eigenvalue weighted by atomic mass is 19.1. The molecule has 0 unspecified atom stereocenters. The highest BCUT2D eigenvalue weighted by Gasteiger charge is 2.55. The minimum atomic E-state index is -0.501. The van der Waals surface area contributed by atoms with E-state index in [0.717, 1.165) is 37.8 Å². The summed E-state index contributed by atoms with van der Waals surface area (Å²) in [4.78, 5) is 2.56. The average Bonchev–Trinajstić information content (AvgIpc) is 3.05. The lowest BCUT2D eigenvalue weighted by atomic mass is 9.92. The quantitative estimate of drug-likeness (QED) is 0.854. The number of piperidine rings is 1. The molecule has 0 radical (unpaired) electrons. The second kappa shape index (κ2) is 6.82. The predicted molar refractivity (Wildman–Crippen MR) is 102 cm³/mol. The normalized spacial score (nSPS) is 24.7. The van der Waals surface area contributed by atoms with Gasteiger partial charge in [-0.2, -0.15) is 0 Å². The molecule has 1 saturated heterocycles. The Kier molecular flexibility index (Phi) is 4.62.